The van der Waals surface area contributed by atoms with Gasteiger partial charge in [-0.15, -0.1) is 4.42 Å². The summed E-state index contributed by atoms with van der Waals surface area (Å²) in [6.07, 6.45) is 2.12. The van der Waals surface area contributed by atoms with Gasteiger partial charge in [0.25, 0.3) is 0 Å². The summed E-state index contributed by atoms with van der Waals surface area (Å²) in [5.74, 6) is -0.0904. The molecule has 1 aliphatic rings. The zero-order chi connectivity index (χ0) is 14.4. The molecule has 2 unspecified atom stereocenters. The Labute approximate surface area is 121 Å². The van der Waals surface area contributed by atoms with E-state index >= 15 is 0 Å². The van der Waals surface area contributed by atoms with Crippen LogP contribution in [0.15, 0.2) is 6.33 Å². The third-order valence-electron chi connectivity index (χ3n) is 3.51. The second-order valence-corrected chi connectivity index (χ2v) is 5.69. The molecule has 0 saturated heterocycles. The van der Waals surface area contributed by atoms with Crippen LogP contribution in [0.5, 0.6) is 0 Å². The van der Waals surface area contributed by atoms with Crippen LogP contribution in [0.1, 0.15) is 30.8 Å². The van der Waals surface area contributed by atoms with Gasteiger partial charge in [-0.2, -0.15) is 4.48 Å². The Kier molecular flexibility index (Phi) is 3.59. The van der Waals surface area contributed by atoms with E-state index in [4.69, 9.17) is 23.6 Å². The zero-order valence-electron chi connectivity index (χ0n) is 10.9. The molecule has 1 aromatic rings. The van der Waals surface area contributed by atoms with Crippen LogP contribution in [-0.2, 0) is 0 Å². The van der Waals surface area contributed by atoms with Crippen LogP contribution < -0.4 is 4.42 Å². The van der Waals surface area contributed by atoms with Crippen LogP contribution in [-0.4, -0.2) is 39.1 Å². The number of anilines is 1. The van der Waals surface area contributed by atoms with E-state index in [0.717, 1.165) is 14.9 Å². The van der Waals surface area contributed by atoms with E-state index in [1.807, 2.05) is 13.8 Å². The minimum atomic E-state index is -0.505. The number of imidazole rings is 1. The van der Waals surface area contributed by atoms with E-state index in [1.165, 1.54) is 6.33 Å². The fourth-order valence-electron chi connectivity index (χ4n) is 2.17. The SMILES string of the molecule is CCC(C)C[N+]1(C)C(=O)c2c(ncn2Cl)N(Cl)C1=O. The number of urea groups is 1. The molecule has 104 valence electrons. The molecular weight excluding hydrogens is 291 g/mol. The lowest BCUT2D eigenvalue weighted by atomic mass is 10.1. The summed E-state index contributed by atoms with van der Waals surface area (Å²) in [6, 6.07) is -0.505. The normalized spacial score (nSPS) is 24.6. The van der Waals surface area contributed by atoms with Crippen LogP contribution in [0.25, 0.3) is 0 Å². The first-order valence-electron chi connectivity index (χ1n) is 5.97. The molecule has 0 aromatic carbocycles. The number of imide groups is 1. The predicted octanol–water partition coefficient (Wildman–Crippen LogP) is 2.61. The van der Waals surface area contributed by atoms with Crippen molar-refractivity contribution in [1.29, 1.82) is 0 Å². The number of aromatic nitrogens is 2. The van der Waals surface area contributed by atoms with Gasteiger partial charge in [0, 0.05) is 29.5 Å². The van der Waals surface area contributed by atoms with Crippen molar-refractivity contribution in [1.82, 2.24) is 9.07 Å². The molecule has 0 N–H and O–H groups in total. The number of hydrogen-bond donors (Lipinski definition) is 0. The number of carbonyl (C=O) groups excluding carboxylic acids is 2. The molecule has 6 nitrogen and oxygen atoms in total. The van der Waals surface area contributed by atoms with Crippen molar-refractivity contribution >= 4 is 41.3 Å². The van der Waals surface area contributed by atoms with Crippen molar-refractivity contribution < 1.29 is 14.1 Å². The lowest BCUT2D eigenvalue weighted by Gasteiger charge is -2.35. The number of hydrogen-bond acceptors (Lipinski definition) is 3. The van der Waals surface area contributed by atoms with Gasteiger partial charge < -0.3 is 0 Å². The smallest absolute Gasteiger partial charge is 0.230 e. The van der Waals surface area contributed by atoms with Crippen LogP contribution in [0, 0.1) is 5.92 Å². The van der Waals surface area contributed by atoms with Crippen molar-refractivity contribution in [3.63, 3.8) is 0 Å². The molecule has 0 aliphatic carbocycles. The Morgan fingerprint density at radius 1 is 1.42 bits per heavy atom. The second kappa shape index (κ2) is 4.77. The van der Waals surface area contributed by atoms with E-state index in [9.17, 15) is 9.59 Å². The number of halogens is 2. The standard InChI is InChI=1S/C11H15Cl2N4O2/c1-4-7(2)5-17(3)10(18)8-9(14-6-15(8)12)16(13)11(17)19/h6-7H,4-5H2,1-3H3/q+1. The van der Waals surface area contributed by atoms with Gasteiger partial charge >= 0.3 is 11.9 Å². The first-order valence-corrected chi connectivity index (χ1v) is 6.64. The van der Waals surface area contributed by atoms with E-state index in [-0.39, 0.29) is 23.3 Å². The molecule has 2 atom stereocenters. The fourth-order valence-corrected chi connectivity index (χ4v) is 2.65. The highest BCUT2D eigenvalue weighted by Crippen LogP contribution is 2.33. The van der Waals surface area contributed by atoms with Crippen molar-refractivity contribution in [2.75, 3.05) is 18.0 Å². The predicted molar refractivity (Wildman–Crippen MR) is 72.0 cm³/mol. The Hall–Kier alpha value is -1.11. The van der Waals surface area contributed by atoms with Gasteiger partial charge in [-0.05, 0) is 6.42 Å². The molecule has 2 rings (SSSR count). The van der Waals surface area contributed by atoms with Gasteiger partial charge in [0.05, 0.1) is 13.6 Å². The first-order chi connectivity index (χ1) is 8.82. The maximum atomic E-state index is 12.5. The molecule has 0 bridgehead atoms. The minimum Gasteiger partial charge on any atom is -0.230 e. The maximum Gasteiger partial charge on any atom is 0.447 e. The minimum absolute atomic E-state index is 0.0893. The third-order valence-corrected chi connectivity index (χ3v) is 4.07. The summed E-state index contributed by atoms with van der Waals surface area (Å²) < 4.78 is 1.52. The third kappa shape index (κ3) is 2.04. The molecule has 1 aliphatic heterocycles. The summed E-state index contributed by atoms with van der Waals surface area (Å²) in [6.45, 7) is 4.36. The van der Waals surface area contributed by atoms with Crippen molar-refractivity contribution in [3.05, 3.63) is 12.0 Å². The molecule has 8 heteroatoms. The molecule has 0 fully saturated rings. The molecule has 0 spiro atoms. The van der Waals surface area contributed by atoms with Gasteiger partial charge in [0.15, 0.2) is 5.82 Å². The average molecular weight is 306 g/mol. The monoisotopic (exact) mass is 305 g/mol. The highest BCUT2D eigenvalue weighted by molar-refractivity contribution is 6.38. The summed E-state index contributed by atoms with van der Waals surface area (Å²) in [5.41, 5.74) is 0.141. The highest BCUT2D eigenvalue weighted by atomic mass is 35.5. The number of carbonyl (C=O) groups is 2. The lowest BCUT2D eigenvalue weighted by molar-refractivity contribution is -0.748. The van der Waals surface area contributed by atoms with Crippen molar-refractivity contribution in [2.45, 2.75) is 20.3 Å². The molecular formula is C11H15Cl2N4O2+. The van der Waals surface area contributed by atoms with Crippen LogP contribution >= 0.6 is 23.6 Å². The summed E-state index contributed by atoms with van der Waals surface area (Å²) in [4.78, 5) is 28.8. The number of rotatable bonds is 3. The topological polar surface area (TPSA) is 55.2 Å². The van der Waals surface area contributed by atoms with E-state index in [2.05, 4.69) is 4.98 Å². The fraction of sp³-hybridized carbons (Fsp3) is 0.545. The van der Waals surface area contributed by atoms with Gasteiger partial charge in [-0.1, -0.05) is 13.8 Å². The summed E-state index contributed by atoms with van der Waals surface area (Å²) in [5, 5.41) is 0. The first kappa shape index (κ1) is 14.3. The highest BCUT2D eigenvalue weighted by Gasteiger charge is 2.53. The quantitative estimate of drug-likeness (QED) is 0.637. The van der Waals surface area contributed by atoms with Crippen molar-refractivity contribution in [2.24, 2.45) is 5.92 Å². The maximum absolute atomic E-state index is 12.5. The largest absolute Gasteiger partial charge is 0.447 e. The average Bonchev–Trinajstić information content (AvgIpc) is 2.76. The van der Waals surface area contributed by atoms with Crippen LogP contribution in [0.4, 0.5) is 10.6 Å². The number of amides is 3. The Morgan fingerprint density at radius 3 is 2.63 bits per heavy atom. The van der Waals surface area contributed by atoms with E-state index < -0.39 is 10.5 Å². The molecule has 0 radical (unpaired) electrons. The Morgan fingerprint density at radius 2 is 2.05 bits per heavy atom. The van der Waals surface area contributed by atoms with Gasteiger partial charge in [0.1, 0.15) is 6.33 Å². The lowest BCUT2D eigenvalue weighted by Crippen LogP contribution is -2.62. The Balaban J connectivity index is 2.51. The molecule has 1 aromatic heterocycles. The van der Waals surface area contributed by atoms with Crippen LogP contribution in [0.2, 0.25) is 0 Å². The number of fused-ring (bicyclic) bond motifs is 1. The molecule has 0 saturated carbocycles. The van der Waals surface area contributed by atoms with Gasteiger partial charge in [-0.3, -0.25) is 0 Å². The van der Waals surface area contributed by atoms with Gasteiger partial charge in [0.2, 0.25) is 5.69 Å². The molecule has 3 amide bonds. The zero-order valence-corrected chi connectivity index (χ0v) is 12.4. The molecule has 19 heavy (non-hydrogen) atoms. The number of quaternary nitrogens is 1. The summed E-state index contributed by atoms with van der Waals surface area (Å²) >= 11 is 11.9. The van der Waals surface area contributed by atoms with Gasteiger partial charge in [-0.25, -0.2) is 18.7 Å². The van der Waals surface area contributed by atoms with Crippen molar-refractivity contribution in [3.8, 4) is 0 Å². The Bertz CT molecular complexity index is 545. The van der Waals surface area contributed by atoms with E-state index in [1.54, 1.807) is 7.05 Å². The van der Waals surface area contributed by atoms with E-state index in [0.29, 0.717) is 6.54 Å². The number of nitrogens with zero attached hydrogens (tertiary/aromatic N) is 4. The van der Waals surface area contributed by atoms with Crippen LogP contribution in [0.3, 0.4) is 0 Å². The summed E-state index contributed by atoms with van der Waals surface area (Å²) in [7, 11) is 1.55. The second-order valence-electron chi connectivity index (χ2n) is 4.98. The molecule has 2 heterocycles.